The molecule has 1 heterocycles. The van der Waals surface area contributed by atoms with Crippen molar-refractivity contribution in [3.05, 3.63) is 0 Å². The zero-order valence-corrected chi connectivity index (χ0v) is 9.83. The second kappa shape index (κ2) is 3.98. The highest BCUT2D eigenvalue weighted by atomic mass is 16.6. The van der Waals surface area contributed by atoms with E-state index >= 15 is 0 Å². The quantitative estimate of drug-likeness (QED) is 0.628. The van der Waals surface area contributed by atoms with Crippen LogP contribution in [0.3, 0.4) is 0 Å². The van der Waals surface area contributed by atoms with Gasteiger partial charge in [-0.3, -0.25) is 4.90 Å². The summed E-state index contributed by atoms with van der Waals surface area (Å²) in [5.41, 5.74) is -1.64. The van der Waals surface area contributed by atoms with Gasteiger partial charge in [0.2, 0.25) is 0 Å². The number of ether oxygens (including phenoxy) is 1. The molecule has 0 spiro atoms. The van der Waals surface area contributed by atoms with Crippen LogP contribution in [0.4, 0.5) is 4.79 Å². The van der Waals surface area contributed by atoms with Crippen LogP contribution in [0.25, 0.3) is 0 Å². The summed E-state index contributed by atoms with van der Waals surface area (Å²) in [5, 5.41) is 13.1. The van der Waals surface area contributed by atoms with Crippen molar-refractivity contribution in [3.63, 3.8) is 0 Å². The molecule has 1 aliphatic rings. The Balaban J connectivity index is 2.60. The Kier molecular flexibility index (Phi) is 3.25. The Morgan fingerprint density at radius 1 is 1.53 bits per heavy atom. The lowest BCUT2D eigenvalue weighted by atomic mass is 10.1. The minimum atomic E-state index is -1.11. The number of carbonyl (C=O) groups excluding carboxylic acids is 1. The summed E-state index contributed by atoms with van der Waals surface area (Å²) in [6.07, 6.45) is 0.0386. The van der Waals surface area contributed by atoms with E-state index in [0.29, 0.717) is 19.5 Å². The maximum absolute atomic E-state index is 11.7. The number of nitrogens with zero attached hydrogens (tertiary/aromatic N) is 1. The molecule has 0 aromatic heterocycles. The Hall–Kier alpha value is -0.810. The number of nitrogens with one attached hydrogen (secondary N) is 1. The molecular formula is C10H20N2O3. The molecule has 1 atom stereocenters. The first-order valence-corrected chi connectivity index (χ1v) is 5.14. The molecule has 1 fully saturated rings. The van der Waals surface area contributed by atoms with Gasteiger partial charge in [-0.05, 0) is 27.3 Å². The molecule has 2 N–H and O–H groups in total. The first kappa shape index (κ1) is 12.3. The molecule has 88 valence electrons. The van der Waals surface area contributed by atoms with E-state index in [1.165, 1.54) is 4.90 Å². The van der Waals surface area contributed by atoms with Crippen molar-refractivity contribution in [2.75, 3.05) is 20.1 Å². The van der Waals surface area contributed by atoms with Gasteiger partial charge in [0.1, 0.15) is 5.60 Å². The summed E-state index contributed by atoms with van der Waals surface area (Å²) in [6, 6.07) is 0. The normalized spacial score (nSPS) is 26.5. The molecule has 0 saturated carbocycles. The molecule has 5 nitrogen and oxygen atoms in total. The first-order chi connectivity index (χ1) is 6.75. The molecule has 1 saturated heterocycles. The molecule has 5 heteroatoms. The average Bonchev–Trinajstić information content (AvgIpc) is 2.49. The summed E-state index contributed by atoms with van der Waals surface area (Å²) in [4.78, 5) is 12.9. The van der Waals surface area contributed by atoms with E-state index in [0.717, 1.165) is 0 Å². The van der Waals surface area contributed by atoms with Crippen molar-refractivity contribution < 1.29 is 14.6 Å². The third kappa shape index (κ3) is 3.07. The molecule has 15 heavy (non-hydrogen) atoms. The highest BCUT2D eigenvalue weighted by Crippen LogP contribution is 2.20. The van der Waals surface area contributed by atoms with Crippen LogP contribution in [0.1, 0.15) is 27.2 Å². The van der Waals surface area contributed by atoms with Gasteiger partial charge < -0.3 is 15.2 Å². The van der Waals surface area contributed by atoms with E-state index in [-0.39, 0.29) is 0 Å². The van der Waals surface area contributed by atoms with Crippen LogP contribution in [-0.4, -0.2) is 47.6 Å². The highest BCUT2D eigenvalue weighted by molar-refractivity contribution is 5.68. The van der Waals surface area contributed by atoms with Crippen molar-refractivity contribution in [2.45, 2.75) is 38.5 Å². The van der Waals surface area contributed by atoms with Gasteiger partial charge in [-0.1, -0.05) is 0 Å². The first-order valence-electron chi connectivity index (χ1n) is 5.14. The van der Waals surface area contributed by atoms with Gasteiger partial charge in [-0.15, -0.1) is 0 Å². The summed E-state index contributed by atoms with van der Waals surface area (Å²) < 4.78 is 5.18. The summed E-state index contributed by atoms with van der Waals surface area (Å²) in [7, 11) is 1.56. The van der Waals surface area contributed by atoms with E-state index in [4.69, 9.17) is 4.74 Å². The fourth-order valence-corrected chi connectivity index (χ4v) is 1.45. The number of likely N-dealkylation sites (N-methyl/N-ethyl adjacent to an activating group) is 1. The SMILES string of the molecule is CN(C(=O)OC(C)(C)C)C1(O)CCNC1. The summed E-state index contributed by atoms with van der Waals surface area (Å²) in [6.45, 7) is 6.51. The largest absolute Gasteiger partial charge is 0.444 e. The fourth-order valence-electron chi connectivity index (χ4n) is 1.45. The van der Waals surface area contributed by atoms with Gasteiger partial charge in [-0.25, -0.2) is 4.79 Å². The monoisotopic (exact) mass is 216 g/mol. The average molecular weight is 216 g/mol. The minimum Gasteiger partial charge on any atom is -0.444 e. The van der Waals surface area contributed by atoms with Gasteiger partial charge in [0.25, 0.3) is 0 Å². The van der Waals surface area contributed by atoms with E-state index in [9.17, 15) is 9.90 Å². The molecule has 0 radical (unpaired) electrons. The zero-order valence-electron chi connectivity index (χ0n) is 9.83. The molecule has 0 bridgehead atoms. The van der Waals surface area contributed by atoms with Crippen molar-refractivity contribution >= 4 is 6.09 Å². The van der Waals surface area contributed by atoms with Gasteiger partial charge in [0.05, 0.1) is 0 Å². The summed E-state index contributed by atoms with van der Waals surface area (Å²) >= 11 is 0. The number of amides is 1. The number of β-amino-alcohol motifs (C(OH)–C–C–N with tert-alkyl or cyclic N) is 1. The van der Waals surface area contributed by atoms with Crippen LogP contribution in [0.15, 0.2) is 0 Å². The second-order valence-electron chi connectivity index (χ2n) is 4.95. The van der Waals surface area contributed by atoms with E-state index < -0.39 is 17.4 Å². The lowest BCUT2D eigenvalue weighted by Gasteiger charge is -2.34. The lowest BCUT2D eigenvalue weighted by Crippen LogP contribution is -2.52. The Bertz CT molecular complexity index is 242. The van der Waals surface area contributed by atoms with Crippen molar-refractivity contribution in [1.29, 1.82) is 0 Å². The van der Waals surface area contributed by atoms with Crippen molar-refractivity contribution in [1.82, 2.24) is 10.2 Å². The van der Waals surface area contributed by atoms with Crippen LogP contribution >= 0.6 is 0 Å². The number of hydrogen-bond acceptors (Lipinski definition) is 4. The third-order valence-electron chi connectivity index (χ3n) is 2.40. The molecule has 1 aliphatic heterocycles. The third-order valence-corrected chi connectivity index (χ3v) is 2.40. The number of aliphatic hydroxyl groups is 1. The second-order valence-corrected chi connectivity index (χ2v) is 4.95. The van der Waals surface area contributed by atoms with Crippen LogP contribution in [0, 0.1) is 0 Å². The van der Waals surface area contributed by atoms with Crippen LogP contribution in [0.2, 0.25) is 0 Å². The highest BCUT2D eigenvalue weighted by Gasteiger charge is 2.39. The standard InChI is InChI=1S/C10H20N2O3/c1-9(2,3)15-8(13)12(4)10(14)5-6-11-7-10/h11,14H,5-7H2,1-4H3. The lowest BCUT2D eigenvalue weighted by molar-refractivity contribution is -0.0816. The van der Waals surface area contributed by atoms with Crippen LogP contribution in [0.5, 0.6) is 0 Å². The minimum absolute atomic E-state index is 0.392. The Morgan fingerprint density at radius 3 is 2.53 bits per heavy atom. The molecule has 1 rings (SSSR count). The van der Waals surface area contributed by atoms with Gasteiger partial charge in [0.15, 0.2) is 5.72 Å². The van der Waals surface area contributed by atoms with Gasteiger partial charge in [-0.2, -0.15) is 0 Å². The molecular weight excluding hydrogens is 196 g/mol. The summed E-state index contributed by atoms with van der Waals surface area (Å²) in [5.74, 6) is 0. The van der Waals surface area contributed by atoms with Crippen LogP contribution < -0.4 is 5.32 Å². The number of hydrogen-bond donors (Lipinski definition) is 2. The smallest absolute Gasteiger partial charge is 0.412 e. The van der Waals surface area contributed by atoms with Gasteiger partial charge >= 0.3 is 6.09 Å². The predicted octanol–water partition coefficient (Wildman–Crippen LogP) is 0.535. The Labute approximate surface area is 90.4 Å². The van der Waals surface area contributed by atoms with Crippen molar-refractivity contribution in [3.8, 4) is 0 Å². The topological polar surface area (TPSA) is 61.8 Å². The maximum atomic E-state index is 11.7. The molecule has 0 aromatic carbocycles. The van der Waals surface area contributed by atoms with Gasteiger partial charge in [0, 0.05) is 20.0 Å². The maximum Gasteiger partial charge on any atom is 0.412 e. The predicted molar refractivity (Wildman–Crippen MR) is 56.4 cm³/mol. The van der Waals surface area contributed by atoms with E-state index in [1.54, 1.807) is 27.8 Å². The number of rotatable bonds is 1. The fraction of sp³-hybridized carbons (Fsp3) is 0.900. The molecule has 1 amide bonds. The van der Waals surface area contributed by atoms with E-state index in [2.05, 4.69) is 5.32 Å². The van der Waals surface area contributed by atoms with Crippen LogP contribution in [-0.2, 0) is 4.74 Å². The number of carbonyl (C=O) groups is 1. The van der Waals surface area contributed by atoms with Crippen molar-refractivity contribution in [2.24, 2.45) is 0 Å². The zero-order chi connectivity index (χ0) is 11.7. The molecule has 0 aromatic rings. The Morgan fingerprint density at radius 2 is 2.13 bits per heavy atom. The molecule has 0 aliphatic carbocycles. The van der Waals surface area contributed by atoms with E-state index in [1.807, 2.05) is 0 Å². The molecule has 1 unspecified atom stereocenters.